The zero-order valence-corrected chi connectivity index (χ0v) is 14.2. The number of hydrogen-bond donors (Lipinski definition) is 1. The summed E-state index contributed by atoms with van der Waals surface area (Å²) < 4.78 is 0. The number of nitrogens with zero attached hydrogens (tertiary/aromatic N) is 1. The molecule has 118 valence electrons. The van der Waals surface area contributed by atoms with Crippen LogP contribution in [0.3, 0.4) is 0 Å². The molecular formula is C18H36N2. The van der Waals surface area contributed by atoms with Crippen LogP contribution in [0.4, 0.5) is 0 Å². The molecule has 1 N–H and O–H groups in total. The first-order valence-corrected chi connectivity index (χ1v) is 9.04. The maximum Gasteiger partial charge on any atom is 0.0169 e. The van der Waals surface area contributed by atoms with Crippen molar-refractivity contribution in [3.05, 3.63) is 0 Å². The van der Waals surface area contributed by atoms with Gasteiger partial charge in [0.05, 0.1) is 0 Å². The first-order chi connectivity index (χ1) is 9.56. The fourth-order valence-corrected chi connectivity index (χ4v) is 4.34. The van der Waals surface area contributed by atoms with Crippen molar-refractivity contribution in [1.29, 1.82) is 0 Å². The van der Waals surface area contributed by atoms with Crippen LogP contribution in [0.5, 0.6) is 0 Å². The van der Waals surface area contributed by atoms with Crippen LogP contribution in [-0.2, 0) is 0 Å². The van der Waals surface area contributed by atoms with Gasteiger partial charge in [0.2, 0.25) is 0 Å². The van der Waals surface area contributed by atoms with E-state index in [1.54, 1.807) is 0 Å². The molecular weight excluding hydrogens is 244 g/mol. The second kappa shape index (κ2) is 7.79. The first kappa shape index (κ1) is 16.3. The van der Waals surface area contributed by atoms with E-state index in [4.69, 9.17) is 0 Å². The highest BCUT2D eigenvalue weighted by Gasteiger charge is 2.31. The largest absolute Gasteiger partial charge is 0.310 e. The van der Waals surface area contributed by atoms with Crippen LogP contribution in [0.15, 0.2) is 0 Å². The lowest BCUT2D eigenvalue weighted by molar-refractivity contribution is 0.143. The van der Waals surface area contributed by atoms with Gasteiger partial charge in [0.15, 0.2) is 0 Å². The second-order valence-electron chi connectivity index (χ2n) is 7.86. The van der Waals surface area contributed by atoms with E-state index >= 15 is 0 Å². The molecule has 4 unspecified atom stereocenters. The molecule has 1 heterocycles. The van der Waals surface area contributed by atoms with Gasteiger partial charge in [0.1, 0.15) is 0 Å². The lowest BCUT2D eigenvalue weighted by Gasteiger charge is -2.40. The van der Waals surface area contributed by atoms with Gasteiger partial charge in [-0.25, -0.2) is 0 Å². The van der Waals surface area contributed by atoms with Crippen LogP contribution in [-0.4, -0.2) is 36.6 Å². The minimum absolute atomic E-state index is 0.643. The molecule has 0 aromatic rings. The summed E-state index contributed by atoms with van der Waals surface area (Å²) in [5, 5.41) is 3.99. The van der Waals surface area contributed by atoms with Crippen molar-refractivity contribution in [3.8, 4) is 0 Å². The zero-order chi connectivity index (χ0) is 14.5. The Kier molecular flexibility index (Phi) is 6.35. The van der Waals surface area contributed by atoms with Crippen molar-refractivity contribution < 1.29 is 0 Å². The second-order valence-corrected chi connectivity index (χ2v) is 7.86. The van der Waals surface area contributed by atoms with E-state index < -0.39 is 0 Å². The Labute approximate surface area is 126 Å². The number of likely N-dealkylation sites (tertiary alicyclic amines) is 1. The minimum atomic E-state index is 0.643. The molecule has 2 nitrogen and oxygen atoms in total. The van der Waals surface area contributed by atoms with Crippen LogP contribution >= 0.6 is 0 Å². The molecule has 2 fully saturated rings. The topological polar surface area (TPSA) is 15.3 Å². The molecule has 2 heteroatoms. The summed E-state index contributed by atoms with van der Waals surface area (Å²) in [6.07, 6.45) is 8.49. The molecule has 0 radical (unpaired) electrons. The van der Waals surface area contributed by atoms with E-state index in [-0.39, 0.29) is 0 Å². The molecule has 20 heavy (non-hydrogen) atoms. The molecule has 0 bridgehead atoms. The third-order valence-electron chi connectivity index (χ3n) is 5.50. The normalized spacial score (nSPS) is 34.4. The van der Waals surface area contributed by atoms with Gasteiger partial charge in [-0.15, -0.1) is 0 Å². The third kappa shape index (κ3) is 4.73. The average Bonchev–Trinajstić information content (AvgIpc) is 2.39. The Morgan fingerprint density at radius 1 is 1.05 bits per heavy atom. The predicted octanol–water partition coefficient (Wildman–Crippen LogP) is 3.91. The summed E-state index contributed by atoms with van der Waals surface area (Å²) in [5.74, 6) is 2.61. The van der Waals surface area contributed by atoms with Crippen molar-refractivity contribution in [2.45, 2.75) is 78.3 Å². The quantitative estimate of drug-likeness (QED) is 0.821. The molecule has 1 saturated heterocycles. The van der Waals surface area contributed by atoms with Crippen molar-refractivity contribution in [2.75, 3.05) is 19.6 Å². The van der Waals surface area contributed by atoms with E-state index in [0.717, 1.165) is 23.8 Å². The Balaban J connectivity index is 1.82. The summed E-state index contributed by atoms with van der Waals surface area (Å²) >= 11 is 0. The maximum absolute atomic E-state index is 3.99. The van der Waals surface area contributed by atoms with Gasteiger partial charge in [0.25, 0.3) is 0 Å². The summed E-state index contributed by atoms with van der Waals surface area (Å²) in [6, 6.07) is 1.39. The summed E-state index contributed by atoms with van der Waals surface area (Å²) in [6.45, 7) is 13.5. The van der Waals surface area contributed by atoms with Crippen molar-refractivity contribution in [1.82, 2.24) is 10.2 Å². The first-order valence-electron chi connectivity index (χ1n) is 9.04. The smallest absolute Gasteiger partial charge is 0.0169 e. The van der Waals surface area contributed by atoms with E-state index in [1.165, 1.54) is 58.2 Å². The summed E-state index contributed by atoms with van der Waals surface area (Å²) in [7, 11) is 0. The van der Waals surface area contributed by atoms with Crippen LogP contribution in [0, 0.1) is 17.8 Å². The summed E-state index contributed by atoms with van der Waals surface area (Å²) in [4.78, 5) is 2.66. The number of nitrogens with one attached hydrogen (secondary N) is 1. The van der Waals surface area contributed by atoms with Crippen LogP contribution in [0.2, 0.25) is 0 Å². The SMILES string of the molecule is CC1CCC(C(C)C)C(NC(C)CN2CCCCC2)C1. The van der Waals surface area contributed by atoms with Gasteiger partial charge in [-0.1, -0.05) is 33.6 Å². The molecule has 0 aromatic carbocycles. The van der Waals surface area contributed by atoms with Crippen molar-refractivity contribution in [2.24, 2.45) is 17.8 Å². The standard InChI is InChI=1S/C18H36N2/c1-14(2)17-9-8-15(3)12-18(17)19-16(4)13-20-10-6-5-7-11-20/h14-19H,5-13H2,1-4H3. The molecule has 2 rings (SSSR count). The van der Waals surface area contributed by atoms with Gasteiger partial charge in [-0.3, -0.25) is 0 Å². The highest BCUT2D eigenvalue weighted by molar-refractivity contribution is 4.87. The maximum atomic E-state index is 3.99. The van der Waals surface area contributed by atoms with Crippen LogP contribution in [0.25, 0.3) is 0 Å². The number of piperidine rings is 1. The highest BCUT2D eigenvalue weighted by atomic mass is 15.2. The van der Waals surface area contributed by atoms with Gasteiger partial charge >= 0.3 is 0 Å². The van der Waals surface area contributed by atoms with Crippen molar-refractivity contribution in [3.63, 3.8) is 0 Å². The molecule has 1 aliphatic carbocycles. The molecule has 0 aromatic heterocycles. The molecule has 1 saturated carbocycles. The van der Waals surface area contributed by atoms with Crippen LogP contribution in [0.1, 0.15) is 66.2 Å². The Bertz CT molecular complexity index is 271. The third-order valence-corrected chi connectivity index (χ3v) is 5.50. The van der Waals surface area contributed by atoms with Gasteiger partial charge in [-0.2, -0.15) is 0 Å². The van der Waals surface area contributed by atoms with Gasteiger partial charge < -0.3 is 10.2 Å². The van der Waals surface area contributed by atoms with Gasteiger partial charge in [-0.05, 0) is 63.5 Å². The molecule has 4 atom stereocenters. The highest BCUT2D eigenvalue weighted by Crippen LogP contribution is 2.33. The predicted molar refractivity (Wildman–Crippen MR) is 88.0 cm³/mol. The Hall–Kier alpha value is -0.0800. The van der Waals surface area contributed by atoms with E-state index in [9.17, 15) is 0 Å². The fourth-order valence-electron chi connectivity index (χ4n) is 4.34. The Morgan fingerprint density at radius 3 is 2.40 bits per heavy atom. The number of hydrogen-bond acceptors (Lipinski definition) is 2. The van der Waals surface area contributed by atoms with Gasteiger partial charge in [0, 0.05) is 18.6 Å². The lowest BCUT2D eigenvalue weighted by Crippen LogP contribution is -2.50. The zero-order valence-electron chi connectivity index (χ0n) is 14.2. The minimum Gasteiger partial charge on any atom is -0.310 e. The summed E-state index contributed by atoms with van der Waals surface area (Å²) in [5.41, 5.74) is 0. The fraction of sp³-hybridized carbons (Fsp3) is 1.00. The lowest BCUT2D eigenvalue weighted by atomic mass is 9.74. The molecule has 2 aliphatic rings. The average molecular weight is 280 g/mol. The molecule has 1 aliphatic heterocycles. The van der Waals surface area contributed by atoms with Crippen molar-refractivity contribution >= 4 is 0 Å². The van der Waals surface area contributed by atoms with E-state index in [2.05, 4.69) is 37.9 Å². The molecule has 0 spiro atoms. The van der Waals surface area contributed by atoms with Crippen LogP contribution < -0.4 is 5.32 Å². The molecule has 0 amide bonds. The number of rotatable bonds is 5. The Morgan fingerprint density at radius 2 is 1.75 bits per heavy atom. The van der Waals surface area contributed by atoms with E-state index in [0.29, 0.717) is 6.04 Å². The van der Waals surface area contributed by atoms with E-state index in [1.807, 2.05) is 0 Å². The monoisotopic (exact) mass is 280 g/mol.